The summed E-state index contributed by atoms with van der Waals surface area (Å²) in [7, 11) is 0. The van der Waals surface area contributed by atoms with E-state index in [1.54, 1.807) is 32.9 Å². The van der Waals surface area contributed by atoms with Gasteiger partial charge in [0.15, 0.2) is 0 Å². The van der Waals surface area contributed by atoms with E-state index in [0.29, 0.717) is 32.1 Å². The molecule has 5 rings (SSSR count). The number of likely N-dealkylation sites (tertiary alicyclic amines) is 1. The molecule has 9 nitrogen and oxygen atoms in total. The van der Waals surface area contributed by atoms with E-state index < -0.39 is 29.3 Å². The number of hydrogen-bond acceptors (Lipinski definition) is 7. The van der Waals surface area contributed by atoms with E-state index in [-0.39, 0.29) is 29.5 Å². The number of alkyl halides is 3. The Balaban J connectivity index is 1.23. The van der Waals surface area contributed by atoms with E-state index in [0.717, 1.165) is 35.4 Å². The fourth-order valence-corrected chi connectivity index (χ4v) is 4.75. The van der Waals surface area contributed by atoms with E-state index in [2.05, 4.69) is 15.6 Å². The SMILES string of the molecule is CC(C)(C)OC(=O)N1CC(COc2cc(NC(=O)c3cccnc3NCc3ccc4c(c3)CCO4)cc(C(F)(F)F)c2)C1. The Labute approximate surface area is 247 Å². The van der Waals surface area contributed by atoms with Gasteiger partial charge in [0, 0.05) is 49.9 Å². The third kappa shape index (κ3) is 7.68. The molecule has 228 valence electrons. The van der Waals surface area contributed by atoms with E-state index in [4.69, 9.17) is 14.2 Å². The average Bonchev–Trinajstić information content (AvgIpc) is 3.37. The molecular weight excluding hydrogens is 565 g/mol. The monoisotopic (exact) mass is 598 g/mol. The first kappa shape index (κ1) is 30.0. The quantitative estimate of drug-likeness (QED) is 0.321. The number of aromatic nitrogens is 1. The number of amides is 2. The van der Waals surface area contributed by atoms with Gasteiger partial charge in [0.05, 0.1) is 24.3 Å². The number of nitrogens with one attached hydrogen (secondary N) is 2. The van der Waals surface area contributed by atoms with Crippen molar-refractivity contribution in [1.29, 1.82) is 0 Å². The largest absolute Gasteiger partial charge is 0.493 e. The van der Waals surface area contributed by atoms with Crippen molar-refractivity contribution in [2.24, 2.45) is 5.92 Å². The fraction of sp³-hybridized carbons (Fsp3) is 0.387. The third-order valence-corrected chi connectivity index (χ3v) is 6.85. The van der Waals surface area contributed by atoms with Crippen LogP contribution in [0.3, 0.4) is 0 Å². The molecule has 2 aliphatic rings. The summed E-state index contributed by atoms with van der Waals surface area (Å²) in [6.07, 6.45) is -2.76. The van der Waals surface area contributed by atoms with Crippen LogP contribution in [0.25, 0.3) is 0 Å². The van der Waals surface area contributed by atoms with Crippen LogP contribution in [0.5, 0.6) is 11.5 Å². The number of ether oxygens (including phenoxy) is 3. The van der Waals surface area contributed by atoms with Gasteiger partial charge in [-0.1, -0.05) is 12.1 Å². The average molecular weight is 599 g/mol. The molecule has 1 fully saturated rings. The van der Waals surface area contributed by atoms with Crippen molar-refractivity contribution in [3.63, 3.8) is 0 Å². The van der Waals surface area contributed by atoms with Crippen LogP contribution in [0.2, 0.25) is 0 Å². The minimum atomic E-state index is -4.66. The first-order valence-corrected chi connectivity index (χ1v) is 13.9. The summed E-state index contributed by atoms with van der Waals surface area (Å²) in [5.74, 6) is 0.407. The first-order chi connectivity index (χ1) is 20.3. The highest BCUT2D eigenvalue weighted by Crippen LogP contribution is 2.35. The Morgan fingerprint density at radius 2 is 1.88 bits per heavy atom. The van der Waals surface area contributed by atoms with Crippen LogP contribution < -0.4 is 20.1 Å². The number of carbonyl (C=O) groups is 2. The lowest BCUT2D eigenvalue weighted by Gasteiger charge is -2.39. The van der Waals surface area contributed by atoms with Gasteiger partial charge in [0.25, 0.3) is 5.91 Å². The molecule has 0 unspecified atom stereocenters. The molecule has 0 saturated carbocycles. The predicted octanol–water partition coefficient (Wildman–Crippen LogP) is 6.15. The van der Waals surface area contributed by atoms with Crippen LogP contribution >= 0.6 is 0 Å². The standard InChI is InChI=1S/C31H33F3N4O5/c1-30(2,3)43-29(40)38-16-20(17-38)18-42-24-13-22(31(32,33)34)12-23(14-24)37-28(39)25-5-4-9-35-27(25)36-15-19-6-7-26-21(11-19)8-10-41-26/h4-7,9,11-14,20H,8,10,15-18H2,1-3H3,(H,35,36)(H,37,39). The van der Waals surface area contributed by atoms with Crippen molar-refractivity contribution >= 4 is 23.5 Å². The van der Waals surface area contributed by atoms with E-state index in [9.17, 15) is 22.8 Å². The number of fused-ring (bicyclic) bond motifs is 1. The summed E-state index contributed by atoms with van der Waals surface area (Å²) in [6.45, 7) is 7.18. The zero-order valence-electron chi connectivity index (χ0n) is 24.1. The van der Waals surface area contributed by atoms with E-state index in [1.165, 1.54) is 17.2 Å². The Kier molecular flexibility index (Phi) is 8.38. The van der Waals surface area contributed by atoms with Crippen molar-refractivity contribution in [1.82, 2.24) is 9.88 Å². The van der Waals surface area contributed by atoms with Crippen LogP contribution in [-0.4, -0.2) is 53.8 Å². The Hall–Kier alpha value is -4.48. The molecule has 1 aromatic heterocycles. The van der Waals surface area contributed by atoms with Gasteiger partial charge in [-0.05, 0) is 62.2 Å². The third-order valence-electron chi connectivity index (χ3n) is 6.85. The van der Waals surface area contributed by atoms with Crippen LogP contribution in [0, 0.1) is 5.92 Å². The molecule has 12 heteroatoms. The van der Waals surface area contributed by atoms with Gasteiger partial charge in [0.1, 0.15) is 22.9 Å². The number of carbonyl (C=O) groups excluding carboxylic acids is 2. The lowest BCUT2D eigenvalue weighted by Crippen LogP contribution is -2.53. The van der Waals surface area contributed by atoms with Gasteiger partial charge in [-0.3, -0.25) is 4.79 Å². The Morgan fingerprint density at radius 3 is 2.63 bits per heavy atom. The van der Waals surface area contributed by atoms with E-state index >= 15 is 0 Å². The second kappa shape index (κ2) is 12.0. The van der Waals surface area contributed by atoms with Gasteiger partial charge in [-0.2, -0.15) is 13.2 Å². The van der Waals surface area contributed by atoms with Crippen molar-refractivity contribution < 1.29 is 37.0 Å². The summed E-state index contributed by atoms with van der Waals surface area (Å²) in [4.78, 5) is 31.1. The zero-order chi connectivity index (χ0) is 30.8. The highest BCUT2D eigenvalue weighted by molar-refractivity contribution is 6.07. The number of benzene rings is 2. The highest BCUT2D eigenvalue weighted by Gasteiger charge is 2.35. The van der Waals surface area contributed by atoms with Crippen LogP contribution in [-0.2, 0) is 23.9 Å². The molecule has 3 heterocycles. The van der Waals surface area contributed by atoms with Gasteiger partial charge in [0.2, 0.25) is 0 Å². The molecule has 1 saturated heterocycles. The van der Waals surface area contributed by atoms with Crippen LogP contribution in [0.4, 0.5) is 29.5 Å². The summed E-state index contributed by atoms with van der Waals surface area (Å²) in [6, 6.07) is 12.1. The fourth-order valence-electron chi connectivity index (χ4n) is 4.75. The van der Waals surface area contributed by atoms with Crippen LogP contribution in [0.15, 0.2) is 54.7 Å². The normalized spacial score (nSPS) is 14.8. The van der Waals surface area contributed by atoms with Crippen LogP contribution in [0.1, 0.15) is 47.8 Å². The Bertz CT molecular complexity index is 1500. The van der Waals surface area contributed by atoms with Gasteiger partial charge >= 0.3 is 12.3 Å². The minimum Gasteiger partial charge on any atom is -0.493 e. The minimum absolute atomic E-state index is 0.0500. The molecule has 43 heavy (non-hydrogen) atoms. The molecule has 2 amide bonds. The van der Waals surface area contributed by atoms with Gasteiger partial charge in [-0.25, -0.2) is 9.78 Å². The number of hydrogen-bond donors (Lipinski definition) is 2. The van der Waals surface area contributed by atoms with Gasteiger partial charge < -0.3 is 29.7 Å². The molecule has 2 N–H and O–H groups in total. The number of rotatable bonds is 8. The molecule has 0 radical (unpaired) electrons. The second-order valence-electron chi connectivity index (χ2n) is 11.6. The molecule has 2 aromatic carbocycles. The summed E-state index contributed by atoms with van der Waals surface area (Å²) in [5, 5.41) is 5.71. The molecule has 0 bridgehead atoms. The second-order valence-corrected chi connectivity index (χ2v) is 11.6. The predicted molar refractivity (Wildman–Crippen MR) is 153 cm³/mol. The Morgan fingerprint density at radius 1 is 1.09 bits per heavy atom. The number of pyridine rings is 1. The maximum Gasteiger partial charge on any atom is 0.416 e. The first-order valence-electron chi connectivity index (χ1n) is 13.9. The molecule has 0 atom stereocenters. The number of halogens is 3. The lowest BCUT2D eigenvalue weighted by atomic mass is 10.0. The maximum absolute atomic E-state index is 13.7. The molecule has 0 aliphatic carbocycles. The molecular formula is C31H33F3N4O5. The number of anilines is 2. The maximum atomic E-state index is 13.7. The van der Waals surface area contributed by atoms with Gasteiger partial charge in [-0.15, -0.1) is 0 Å². The van der Waals surface area contributed by atoms with Crippen molar-refractivity contribution in [2.45, 2.75) is 45.5 Å². The zero-order valence-corrected chi connectivity index (χ0v) is 24.1. The lowest BCUT2D eigenvalue weighted by molar-refractivity contribution is -0.137. The smallest absolute Gasteiger partial charge is 0.416 e. The number of nitrogens with zero attached hydrogens (tertiary/aromatic N) is 2. The van der Waals surface area contributed by atoms with Crippen molar-refractivity contribution in [3.8, 4) is 11.5 Å². The summed E-state index contributed by atoms with van der Waals surface area (Å²) >= 11 is 0. The van der Waals surface area contributed by atoms with E-state index in [1.807, 2.05) is 18.2 Å². The highest BCUT2D eigenvalue weighted by atomic mass is 19.4. The topological polar surface area (TPSA) is 102 Å². The molecule has 2 aliphatic heterocycles. The van der Waals surface area contributed by atoms with Crippen molar-refractivity contribution in [3.05, 3.63) is 77.0 Å². The molecule has 0 spiro atoms. The molecule has 3 aromatic rings. The summed E-state index contributed by atoms with van der Waals surface area (Å²) in [5.41, 5.74) is 0.590. The summed E-state index contributed by atoms with van der Waals surface area (Å²) < 4.78 is 57.7. The van der Waals surface area contributed by atoms with Crippen molar-refractivity contribution in [2.75, 3.05) is 36.9 Å².